The highest BCUT2D eigenvalue weighted by molar-refractivity contribution is 5.88. The van der Waals surface area contributed by atoms with Gasteiger partial charge in [0.1, 0.15) is 0 Å². The predicted octanol–water partition coefficient (Wildman–Crippen LogP) is 4.51. The molecule has 1 aliphatic heterocycles. The molecule has 0 radical (unpaired) electrons. The van der Waals surface area contributed by atoms with Gasteiger partial charge in [-0.1, -0.05) is 45.2 Å². The van der Waals surface area contributed by atoms with E-state index in [1.165, 1.54) is 25.3 Å². The van der Waals surface area contributed by atoms with Gasteiger partial charge in [-0.2, -0.15) is 0 Å². The molecule has 1 aromatic carbocycles. The van der Waals surface area contributed by atoms with Crippen LogP contribution in [0.25, 0.3) is 0 Å². The summed E-state index contributed by atoms with van der Waals surface area (Å²) < 4.78 is 5.62. The number of carbonyl (C=O) groups is 2. The third kappa shape index (κ3) is 8.44. The highest BCUT2D eigenvalue weighted by Gasteiger charge is 2.21. The van der Waals surface area contributed by atoms with E-state index in [1.807, 2.05) is 29.2 Å². The topological polar surface area (TPSA) is 61.9 Å². The minimum absolute atomic E-state index is 0.0622. The van der Waals surface area contributed by atoms with Gasteiger partial charge in [0.25, 0.3) is 0 Å². The fourth-order valence-electron chi connectivity index (χ4n) is 3.65. The van der Waals surface area contributed by atoms with Gasteiger partial charge in [-0.15, -0.1) is 0 Å². The monoisotopic (exact) mass is 403 g/mol. The summed E-state index contributed by atoms with van der Waals surface area (Å²) in [6.07, 6.45) is 5.35. The lowest BCUT2D eigenvalue weighted by atomic mass is 10.0. The Kier molecular flexibility index (Phi) is 9.98. The van der Waals surface area contributed by atoms with Gasteiger partial charge in [-0.05, 0) is 36.5 Å². The molecular formula is C23H37N3O3. The second-order valence-electron chi connectivity index (χ2n) is 7.99. The summed E-state index contributed by atoms with van der Waals surface area (Å²) in [6.45, 7) is 10.5. The molecule has 0 aromatic heterocycles. The quantitative estimate of drug-likeness (QED) is 0.659. The smallest absolute Gasteiger partial charge is 0.409 e. The number of nitrogens with zero attached hydrogens (tertiary/aromatic N) is 2. The van der Waals surface area contributed by atoms with Crippen LogP contribution >= 0.6 is 0 Å². The lowest BCUT2D eigenvalue weighted by molar-refractivity contribution is -0.114. The van der Waals surface area contributed by atoms with Crippen LogP contribution in [0.15, 0.2) is 24.3 Å². The lowest BCUT2D eigenvalue weighted by Crippen LogP contribution is -2.36. The number of amides is 2. The number of rotatable bonds is 9. The second kappa shape index (κ2) is 12.5. The van der Waals surface area contributed by atoms with Crippen molar-refractivity contribution in [1.29, 1.82) is 0 Å². The fourth-order valence-corrected chi connectivity index (χ4v) is 3.65. The number of benzene rings is 1. The molecule has 0 bridgehead atoms. The van der Waals surface area contributed by atoms with Crippen molar-refractivity contribution in [1.82, 2.24) is 9.80 Å². The van der Waals surface area contributed by atoms with Crippen LogP contribution in [0.3, 0.4) is 0 Å². The molecule has 1 aromatic rings. The molecular weight excluding hydrogens is 366 g/mol. The molecule has 29 heavy (non-hydrogen) atoms. The van der Waals surface area contributed by atoms with E-state index in [0.717, 1.165) is 51.1 Å². The molecule has 6 heteroatoms. The van der Waals surface area contributed by atoms with E-state index in [2.05, 4.69) is 24.1 Å². The molecule has 1 unspecified atom stereocenters. The highest BCUT2D eigenvalue weighted by Crippen LogP contribution is 2.15. The molecule has 6 nitrogen and oxygen atoms in total. The zero-order valence-corrected chi connectivity index (χ0v) is 18.3. The molecule has 2 rings (SSSR count). The predicted molar refractivity (Wildman–Crippen MR) is 117 cm³/mol. The lowest BCUT2D eigenvalue weighted by Gasteiger charge is -2.23. The fraction of sp³-hybridized carbons (Fsp3) is 0.652. The first-order valence-corrected chi connectivity index (χ1v) is 11.0. The van der Waals surface area contributed by atoms with E-state index in [1.54, 1.807) is 0 Å². The van der Waals surface area contributed by atoms with Gasteiger partial charge in [-0.25, -0.2) is 4.79 Å². The van der Waals surface area contributed by atoms with Crippen molar-refractivity contribution in [3.05, 3.63) is 29.8 Å². The van der Waals surface area contributed by atoms with Crippen molar-refractivity contribution in [2.45, 2.75) is 59.4 Å². The molecule has 0 saturated carbocycles. The molecule has 1 saturated heterocycles. The van der Waals surface area contributed by atoms with E-state index < -0.39 is 0 Å². The van der Waals surface area contributed by atoms with E-state index in [-0.39, 0.29) is 12.0 Å². The van der Waals surface area contributed by atoms with Crippen LogP contribution in [-0.4, -0.2) is 54.6 Å². The summed E-state index contributed by atoms with van der Waals surface area (Å²) in [6, 6.07) is 7.95. The molecule has 1 aliphatic rings. The van der Waals surface area contributed by atoms with Crippen LogP contribution in [0, 0.1) is 5.92 Å². The van der Waals surface area contributed by atoms with E-state index in [0.29, 0.717) is 19.1 Å². The first kappa shape index (κ1) is 23.2. The molecule has 1 atom stereocenters. The zero-order chi connectivity index (χ0) is 21.1. The number of nitrogens with one attached hydrogen (secondary N) is 1. The molecule has 162 valence electrons. The van der Waals surface area contributed by atoms with Crippen molar-refractivity contribution in [3.63, 3.8) is 0 Å². The second-order valence-corrected chi connectivity index (χ2v) is 7.99. The molecule has 0 aliphatic carbocycles. The number of carbonyl (C=O) groups excluding carboxylic acids is 2. The Morgan fingerprint density at radius 1 is 1.10 bits per heavy atom. The summed E-state index contributed by atoms with van der Waals surface area (Å²) in [5.74, 6) is 0.413. The maximum Gasteiger partial charge on any atom is 0.409 e. The summed E-state index contributed by atoms with van der Waals surface area (Å²) in [5.41, 5.74) is 2.02. The molecule has 0 spiro atoms. The number of unbranched alkanes of at least 4 members (excludes halogenated alkanes) is 1. The molecule has 1 heterocycles. The largest absolute Gasteiger partial charge is 0.449 e. The molecule has 1 fully saturated rings. The Bertz CT molecular complexity index is 633. The number of hydrogen-bond acceptors (Lipinski definition) is 4. The van der Waals surface area contributed by atoms with Crippen LogP contribution in [0.4, 0.5) is 10.5 Å². The van der Waals surface area contributed by atoms with Crippen LogP contribution < -0.4 is 5.32 Å². The zero-order valence-electron chi connectivity index (χ0n) is 18.3. The van der Waals surface area contributed by atoms with Crippen LogP contribution in [-0.2, 0) is 16.1 Å². The van der Waals surface area contributed by atoms with Gasteiger partial charge in [0, 0.05) is 45.3 Å². The molecule has 2 amide bonds. The van der Waals surface area contributed by atoms with Crippen molar-refractivity contribution in [2.75, 3.05) is 38.1 Å². The third-order valence-corrected chi connectivity index (χ3v) is 5.51. The van der Waals surface area contributed by atoms with Crippen molar-refractivity contribution >= 4 is 17.7 Å². The number of ether oxygens (including phenoxy) is 1. The number of anilines is 1. The van der Waals surface area contributed by atoms with E-state index in [4.69, 9.17) is 4.74 Å². The van der Waals surface area contributed by atoms with Crippen molar-refractivity contribution < 1.29 is 14.3 Å². The van der Waals surface area contributed by atoms with Gasteiger partial charge >= 0.3 is 6.09 Å². The van der Waals surface area contributed by atoms with Gasteiger partial charge in [0.2, 0.25) is 5.91 Å². The van der Waals surface area contributed by atoms with Crippen molar-refractivity contribution in [2.24, 2.45) is 5.92 Å². The Labute approximate surface area is 175 Å². The maximum absolute atomic E-state index is 12.5. The van der Waals surface area contributed by atoms with E-state index >= 15 is 0 Å². The first-order chi connectivity index (χ1) is 14.0. The summed E-state index contributed by atoms with van der Waals surface area (Å²) in [4.78, 5) is 27.8. The Balaban J connectivity index is 1.77. The van der Waals surface area contributed by atoms with Crippen LogP contribution in [0.5, 0.6) is 0 Å². The third-order valence-electron chi connectivity index (χ3n) is 5.51. The summed E-state index contributed by atoms with van der Waals surface area (Å²) in [5, 5.41) is 2.79. The van der Waals surface area contributed by atoms with E-state index in [9.17, 15) is 9.59 Å². The number of hydrogen-bond donors (Lipinski definition) is 1. The molecule has 1 N–H and O–H groups in total. The van der Waals surface area contributed by atoms with Gasteiger partial charge in [0.05, 0.1) is 6.61 Å². The normalized spacial score (nSPS) is 16.2. The Hall–Kier alpha value is -2.08. The average molecular weight is 404 g/mol. The minimum atomic E-state index is -0.165. The first-order valence-electron chi connectivity index (χ1n) is 11.0. The average Bonchev–Trinajstić information content (AvgIpc) is 2.95. The summed E-state index contributed by atoms with van der Waals surface area (Å²) in [7, 11) is 0. The standard InChI is InChI=1S/C23H37N3O3/c1-4-6-8-20(5-2)18-29-23(28)26-14-7-13-25(15-16-26)17-21-9-11-22(12-10-21)24-19(3)27/h9-12,20H,4-8,13-18H2,1-3H3,(H,24,27). The van der Waals surface area contributed by atoms with Gasteiger partial charge < -0.3 is 15.0 Å². The minimum Gasteiger partial charge on any atom is -0.449 e. The Morgan fingerprint density at radius 3 is 2.52 bits per heavy atom. The van der Waals surface area contributed by atoms with Gasteiger partial charge in [0.15, 0.2) is 0 Å². The van der Waals surface area contributed by atoms with Crippen LogP contribution in [0.1, 0.15) is 58.4 Å². The highest BCUT2D eigenvalue weighted by atomic mass is 16.6. The van der Waals surface area contributed by atoms with Gasteiger partial charge in [-0.3, -0.25) is 9.69 Å². The van der Waals surface area contributed by atoms with Crippen molar-refractivity contribution in [3.8, 4) is 0 Å². The summed E-state index contributed by atoms with van der Waals surface area (Å²) >= 11 is 0. The SMILES string of the molecule is CCCCC(CC)COC(=O)N1CCCN(Cc2ccc(NC(C)=O)cc2)CC1. The Morgan fingerprint density at radius 2 is 1.86 bits per heavy atom. The van der Waals surface area contributed by atoms with Crippen LogP contribution in [0.2, 0.25) is 0 Å². The maximum atomic E-state index is 12.5.